The zero-order valence-corrected chi connectivity index (χ0v) is 10.3. The standard InChI is InChI=1S/C12H17N3O3/c1-9-8-10(15(17)18)5-6-11(9)14-7-3-2-4-12(13)16/h5-6,8,14H,2-4,7H2,1H3,(H2,13,16). The average Bonchev–Trinajstić information content (AvgIpc) is 2.29. The maximum Gasteiger partial charge on any atom is 0.269 e. The van der Waals surface area contributed by atoms with Gasteiger partial charge in [0.15, 0.2) is 0 Å². The summed E-state index contributed by atoms with van der Waals surface area (Å²) in [6.45, 7) is 2.53. The lowest BCUT2D eigenvalue weighted by molar-refractivity contribution is -0.384. The number of nitrogens with one attached hydrogen (secondary N) is 1. The summed E-state index contributed by atoms with van der Waals surface area (Å²) >= 11 is 0. The Morgan fingerprint density at radius 3 is 2.72 bits per heavy atom. The molecule has 0 bridgehead atoms. The first-order valence-corrected chi connectivity index (χ1v) is 5.78. The third kappa shape index (κ3) is 4.40. The van der Waals surface area contributed by atoms with Gasteiger partial charge >= 0.3 is 0 Å². The molecule has 1 rings (SSSR count). The molecule has 0 saturated carbocycles. The number of nitro benzene ring substituents is 1. The summed E-state index contributed by atoms with van der Waals surface area (Å²) in [6, 6.07) is 4.70. The van der Waals surface area contributed by atoms with Crippen molar-refractivity contribution in [3.05, 3.63) is 33.9 Å². The molecule has 0 heterocycles. The van der Waals surface area contributed by atoms with Gasteiger partial charge in [-0.15, -0.1) is 0 Å². The molecule has 1 amide bonds. The topological polar surface area (TPSA) is 98.3 Å². The van der Waals surface area contributed by atoms with Gasteiger partial charge in [-0.25, -0.2) is 0 Å². The molecule has 0 atom stereocenters. The van der Waals surface area contributed by atoms with Gasteiger partial charge < -0.3 is 11.1 Å². The number of primary amides is 1. The molecule has 0 aliphatic carbocycles. The van der Waals surface area contributed by atoms with Crippen LogP contribution >= 0.6 is 0 Å². The number of amides is 1. The van der Waals surface area contributed by atoms with Crippen LogP contribution in [0.1, 0.15) is 24.8 Å². The molecule has 0 aliphatic rings. The highest BCUT2D eigenvalue weighted by atomic mass is 16.6. The van der Waals surface area contributed by atoms with Gasteiger partial charge in [0.1, 0.15) is 0 Å². The number of hydrogen-bond acceptors (Lipinski definition) is 4. The first-order chi connectivity index (χ1) is 8.50. The predicted octanol–water partition coefficient (Wildman–Crippen LogP) is 1.97. The molecule has 0 saturated heterocycles. The molecule has 6 nitrogen and oxygen atoms in total. The summed E-state index contributed by atoms with van der Waals surface area (Å²) in [5.74, 6) is -0.290. The first-order valence-electron chi connectivity index (χ1n) is 5.78. The van der Waals surface area contributed by atoms with E-state index in [1.807, 2.05) is 6.92 Å². The van der Waals surface area contributed by atoms with Gasteiger partial charge in [-0.2, -0.15) is 0 Å². The van der Waals surface area contributed by atoms with E-state index < -0.39 is 4.92 Å². The van der Waals surface area contributed by atoms with Gasteiger partial charge in [0.25, 0.3) is 5.69 Å². The van der Waals surface area contributed by atoms with Crippen molar-refractivity contribution in [1.29, 1.82) is 0 Å². The number of aryl methyl sites for hydroxylation is 1. The third-order valence-electron chi connectivity index (χ3n) is 2.59. The van der Waals surface area contributed by atoms with E-state index >= 15 is 0 Å². The van der Waals surface area contributed by atoms with Crippen molar-refractivity contribution in [2.75, 3.05) is 11.9 Å². The lowest BCUT2D eigenvalue weighted by Gasteiger charge is -2.08. The largest absolute Gasteiger partial charge is 0.385 e. The molecule has 0 radical (unpaired) electrons. The molecule has 0 aromatic heterocycles. The number of non-ortho nitro benzene ring substituents is 1. The third-order valence-corrected chi connectivity index (χ3v) is 2.59. The van der Waals surface area contributed by atoms with Crippen molar-refractivity contribution in [3.63, 3.8) is 0 Å². The number of unbranched alkanes of at least 4 members (excludes halogenated alkanes) is 1. The van der Waals surface area contributed by atoms with Crippen LogP contribution in [0, 0.1) is 17.0 Å². The Morgan fingerprint density at radius 1 is 1.44 bits per heavy atom. The molecule has 0 unspecified atom stereocenters. The normalized spacial score (nSPS) is 10.1. The van der Waals surface area contributed by atoms with E-state index in [0.29, 0.717) is 13.0 Å². The van der Waals surface area contributed by atoms with Gasteiger partial charge in [-0.05, 0) is 31.4 Å². The number of rotatable bonds is 7. The summed E-state index contributed by atoms with van der Waals surface area (Å²) in [5, 5.41) is 13.7. The number of hydrogen-bond donors (Lipinski definition) is 2. The molecule has 1 aromatic carbocycles. The van der Waals surface area contributed by atoms with E-state index in [9.17, 15) is 14.9 Å². The maximum atomic E-state index is 10.6. The van der Waals surface area contributed by atoms with Crippen molar-refractivity contribution in [1.82, 2.24) is 0 Å². The lowest BCUT2D eigenvalue weighted by atomic mass is 10.1. The second-order valence-electron chi connectivity index (χ2n) is 4.11. The number of nitro groups is 1. The minimum absolute atomic E-state index is 0.0896. The maximum absolute atomic E-state index is 10.6. The second kappa shape index (κ2) is 6.58. The molecule has 0 aliphatic heterocycles. The van der Waals surface area contributed by atoms with Gasteiger partial charge in [-0.1, -0.05) is 0 Å². The summed E-state index contributed by atoms with van der Waals surface area (Å²) < 4.78 is 0. The van der Waals surface area contributed by atoms with Gasteiger partial charge in [0, 0.05) is 30.8 Å². The zero-order chi connectivity index (χ0) is 13.5. The predicted molar refractivity (Wildman–Crippen MR) is 69.4 cm³/mol. The van der Waals surface area contributed by atoms with Crippen LogP contribution in [0.3, 0.4) is 0 Å². The Kier molecular flexibility index (Phi) is 5.10. The quantitative estimate of drug-likeness (QED) is 0.439. The summed E-state index contributed by atoms with van der Waals surface area (Å²) in [6.07, 6.45) is 1.97. The van der Waals surface area contributed by atoms with Crippen LogP contribution in [0.25, 0.3) is 0 Å². The SMILES string of the molecule is Cc1cc([N+](=O)[O-])ccc1NCCCCC(N)=O. The minimum Gasteiger partial charge on any atom is -0.385 e. The van der Waals surface area contributed by atoms with Crippen molar-refractivity contribution in [2.24, 2.45) is 5.73 Å². The van der Waals surface area contributed by atoms with E-state index in [-0.39, 0.29) is 11.6 Å². The van der Waals surface area contributed by atoms with E-state index in [1.54, 1.807) is 6.07 Å². The number of carbonyl (C=O) groups is 1. The molecule has 1 aromatic rings. The summed E-state index contributed by atoms with van der Waals surface area (Å²) in [5.41, 5.74) is 6.83. The Hall–Kier alpha value is -2.11. The molecule has 6 heteroatoms. The molecule has 98 valence electrons. The van der Waals surface area contributed by atoms with Crippen molar-refractivity contribution < 1.29 is 9.72 Å². The Morgan fingerprint density at radius 2 is 2.17 bits per heavy atom. The number of nitrogens with two attached hydrogens (primary N) is 1. The monoisotopic (exact) mass is 251 g/mol. The van der Waals surface area contributed by atoms with E-state index in [1.165, 1.54) is 12.1 Å². The van der Waals surface area contributed by atoms with Gasteiger partial charge in [0.05, 0.1) is 4.92 Å². The highest BCUT2D eigenvalue weighted by Gasteiger charge is 2.07. The second-order valence-corrected chi connectivity index (χ2v) is 4.11. The van der Waals surface area contributed by atoms with Gasteiger partial charge in [0.2, 0.25) is 5.91 Å². The van der Waals surface area contributed by atoms with Crippen LogP contribution < -0.4 is 11.1 Å². The fourth-order valence-electron chi connectivity index (χ4n) is 1.61. The fraction of sp³-hybridized carbons (Fsp3) is 0.417. The molecule has 0 fully saturated rings. The van der Waals surface area contributed by atoms with Crippen LogP contribution in [0.5, 0.6) is 0 Å². The smallest absolute Gasteiger partial charge is 0.269 e. The molecular formula is C12H17N3O3. The Labute approximate surface area is 105 Å². The Bertz CT molecular complexity index is 446. The molecule has 3 N–H and O–H groups in total. The van der Waals surface area contributed by atoms with E-state index in [0.717, 1.165) is 24.1 Å². The van der Waals surface area contributed by atoms with E-state index in [4.69, 9.17) is 5.73 Å². The highest BCUT2D eigenvalue weighted by Crippen LogP contribution is 2.21. The molecular weight excluding hydrogens is 234 g/mol. The minimum atomic E-state index is -0.413. The zero-order valence-electron chi connectivity index (χ0n) is 10.3. The van der Waals surface area contributed by atoms with Crippen LogP contribution in [0.4, 0.5) is 11.4 Å². The first kappa shape index (κ1) is 14.0. The van der Waals surface area contributed by atoms with E-state index in [2.05, 4.69) is 5.32 Å². The summed E-state index contributed by atoms with van der Waals surface area (Å²) in [7, 11) is 0. The molecule has 18 heavy (non-hydrogen) atoms. The fourth-order valence-corrected chi connectivity index (χ4v) is 1.61. The van der Waals surface area contributed by atoms with Crippen LogP contribution in [-0.4, -0.2) is 17.4 Å². The lowest BCUT2D eigenvalue weighted by Crippen LogP contribution is -2.11. The number of anilines is 1. The highest BCUT2D eigenvalue weighted by molar-refractivity contribution is 5.73. The van der Waals surface area contributed by atoms with Crippen LogP contribution in [0.15, 0.2) is 18.2 Å². The molecule has 0 spiro atoms. The van der Waals surface area contributed by atoms with Crippen molar-refractivity contribution in [3.8, 4) is 0 Å². The number of nitrogens with zero attached hydrogens (tertiary/aromatic N) is 1. The number of benzene rings is 1. The average molecular weight is 251 g/mol. The van der Waals surface area contributed by atoms with Crippen molar-refractivity contribution in [2.45, 2.75) is 26.2 Å². The van der Waals surface area contributed by atoms with Gasteiger partial charge in [-0.3, -0.25) is 14.9 Å². The van der Waals surface area contributed by atoms with Crippen LogP contribution in [-0.2, 0) is 4.79 Å². The Balaban J connectivity index is 2.43. The number of carbonyl (C=O) groups excluding carboxylic acids is 1. The van der Waals surface area contributed by atoms with Crippen LogP contribution in [0.2, 0.25) is 0 Å². The van der Waals surface area contributed by atoms with Crippen molar-refractivity contribution >= 4 is 17.3 Å². The summed E-state index contributed by atoms with van der Waals surface area (Å²) in [4.78, 5) is 20.7.